The number of hydrogen-bond acceptors (Lipinski definition) is 2. The third-order valence-electron chi connectivity index (χ3n) is 1.77. The molecule has 0 amide bonds. The molecule has 0 aliphatic rings. The van der Waals surface area contributed by atoms with E-state index < -0.39 is 22.9 Å². The Hall–Kier alpha value is -1.98. The van der Waals surface area contributed by atoms with E-state index in [0.29, 0.717) is 6.07 Å². The summed E-state index contributed by atoms with van der Waals surface area (Å²) in [7, 11) is 0. The zero-order valence-corrected chi connectivity index (χ0v) is 6.73. The average molecular weight is 198 g/mol. The lowest BCUT2D eigenvalue weighted by Gasteiger charge is -1.97. The molecular formula is C8H4F2N2O2. The second-order valence-electron chi connectivity index (χ2n) is 2.72. The number of benzene rings is 1. The molecule has 2 aromatic rings. The molecule has 0 aliphatic heterocycles. The molecule has 0 saturated heterocycles. The van der Waals surface area contributed by atoms with E-state index in [4.69, 9.17) is 0 Å². The number of aromatic amines is 2. The molecule has 0 fully saturated rings. The van der Waals surface area contributed by atoms with E-state index in [0.717, 1.165) is 6.07 Å². The molecule has 1 aromatic heterocycles. The van der Waals surface area contributed by atoms with Crippen molar-refractivity contribution in [3.63, 3.8) is 0 Å². The standard InChI is InChI=1S/C8H4F2N2O2/c9-3-1-4-6(5(10)2-3)11-8(14)12-7(4)13/h1-2H,(H2,11,12,13,14). The first-order valence-electron chi connectivity index (χ1n) is 3.69. The Labute approximate surface area is 75.2 Å². The predicted octanol–water partition coefficient (Wildman–Crippen LogP) is 0.495. The second kappa shape index (κ2) is 2.76. The number of nitrogens with one attached hydrogen (secondary N) is 2. The maximum Gasteiger partial charge on any atom is 0.326 e. The molecule has 72 valence electrons. The topological polar surface area (TPSA) is 65.7 Å². The maximum absolute atomic E-state index is 13.0. The highest BCUT2D eigenvalue weighted by Gasteiger charge is 2.07. The highest BCUT2D eigenvalue weighted by molar-refractivity contribution is 5.77. The first kappa shape index (κ1) is 8.61. The van der Waals surface area contributed by atoms with Crippen molar-refractivity contribution < 1.29 is 8.78 Å². The molecule has 2 rings (SSSR count). The molecular weight excluding hydrogens is 194 g/mol. The van der Waals surface area contributed by atoms with Gasteiger partial charge in [0, 0.05) is 6.07 Å². The molecule has 6 heteroatoms. The number of H-pyrrole nitrogens is 2. The fraction of sp³-hybridized carbons (Fsp3) is 0. The van der Waals surface area contributed by atoms with Crippen LogP contribution < -0.4 is 11.2 Å². The van der Waals surface area contributed by atoms with E-state index in [9.17, 15) is 18.4 Å². The summed E-state index contributed by atoms with van der Waals surface area (Å²) in [5, 5.41) is -0.220. The normalized spacial score (nSPS) is 10.7. The number of halogens is 2. The Morgan fingerprint density at radius 1 is 1.07 bits per heavy atom. The molecule has 0 spiro atoms. The van der Waals surface area contributed by atoms with Gasteiger partial charge >= 0.3 is 5.69 Å². The van der Waals surface area contributed by atoms with E-state index in [1.54, 1.807) is 0 Å². The molecule has 0 bridgehead atoms. The summed E-state index contributed by atoms with van der Waals surface area (Å²) in [4.78, 5) is 25.8. The zero-order valence-electron chi connectivity index (χ0n) is 6.73. The van der Waals surface area contributed by atoms with Crippen LogP contribution in [0.1, 0.15) is 0 Å². The third-order valence-corrected chi connectivity index (χ3v) is 1.77. The Kier molecular flexibility index (Phi) is 1.70. The van der Waals surface area contributed by atoms with Gasteiger partial charge in [0.05, 0.1) is 10.9 Å². The number of rotatable bonds is 0. The lowest BCUT2D eigenvalue weighted by molar-refractivity contribution is 0.589. The van der Waals surface area contributed by atoms with E-state index in [1.807, 2.05) is 4.98 Å². The number of fused-ring (bicyclic) bond motifs is 1. The second-order valence-corrected chi connectivity index (χ2v) is 2.72. The smallest absolute Gasteiger partial charge is 0.304 e. The van der Waals surface area contributed by atoms with Crippen LogP contribution in [0.2, 0.25) is 0 Å². The summed E-state index contributed by atoms with van der Waals surface area (Å²) in [6, 6.07) is 1.45. The van der Waals surface area contributed by atoms with Crippen molar-refractivity contribution in [3.05, 3.63) is 44.6 Å². The van der Waals surface area contributed by atoms with Gasteiger partial charge in [-0.2, -0.15) is 0 Å². The van der Waals surface area contributed by atoms with Crippen molar-refractivity contribution in [2.75, 3.05) is 0 Å². The van der Waals surface area contributed by atoms with Crippen molar-refractivity contribution in [1.82, 2.24) is 9.97 Å². The van der Waals surface area contributed by atoms with Gasteiger partial charge in [-0.05, 0) is 6.07 Å². The van der Waals surface area contributed by atoms with Gasteiger partial charge in [-0.25, -0.2) is 13.6 Å². The minimum atomic E-state index is -0.969. The van der Waals surface area contributed by atoms with Crippen LogP contribution in [0.25, 0.3) is 10.9 Å². The van der Waals surface area contributed by atoms with Crippen LogP contribution in [-0.2, 0) is 0 Å². The predicted molar refractivity (Wildman–Crippen MR) is 45.1 cm³/mol. The summed E-state index contributed by atoms with van der Waals surface area (Å²) < 4.78 is 25.7. The van der Waals surface area contributed by atoms with Gasteiger partial charge in [0.1, 0.15) is 5.82 Å². The molecule has 0 saturated carbocycles. The van der Waals surface area contributed by atoms with Gasteiger partial charge in [0.15, 0.2) is 5.82 Å². The van der Waals surface area contributed by atoms with E-state index in [-0.39, 0.29) is 10.9 Å². The summed E-state index contributed by atoms with van der Waals surface area (Å²) in [5.74, 6) is -1.84. The molecule has 0 unspecified atom stereocenters. The van der Waals surface area contributed by atoms with Crippen LogP contribution in [0, 0.1) is 11.6 Å². The van der Waals surface area contributed by atoms with E-state index in [1.165, 1.54) is 0 Å². The van der Waals surface area contributed by atoms with Gasteiger partial charge in [0.25, 0.3) is 5.56 Å². The van der Waals surface area contributed by atoms with Crippen molar-refractivity contribution in [2.45, 2.75) is 0 Å². The minimum absolute atomic E-state index is 0.220. The molecule has 14 heavy (non-hydrogen) atoms. The molecule has 1 heterocycles. The SMILES string of the molecule is O=c1[nH]c(=O)c2cc(F)cc(F)c2[nH]1. The largest absolute Gasteiger partial charge is 0.326 e. The van der Waals surface area contributed by atoms with Gasteiger partial charge in [0.2, 0.25) is 0 Å². The summed E-state index contributed by atoms with van der Waals surface area (Å²) in [6.07, 6.45) is 0. The fourth-order valence-corrected chi connectivity index (χ4v) is 1.19. The minimum Gasteiger partial charge on any atom is -0.304 e. The van der Waals surface area contributed by atoms with Gasteiger partial charge in [-0.1, -0.05) is 0 Å². The Morgan fingerprint density at radius 3 is 2.50 bits per heavy atom. The first-order valence-corrected chi connectivity index (χ1v) is 3.69. The van der Waals surface area contributed by atoms with Crippen LogP contribution in [0.4, 0.5) is 8.78 Å². The van der Waals surface area contributed by atoms with E-state index >= 15 is 0 Å². The fourth-order valence-electron chi connectivity index (χ4n) is 1.19. The Balaban J connectivity index is 3.10. The Morgan fingerprint density at radius 2 is 1.79 bits per heavy atom. The molecule has 0 atom stereocenters. The molecule has 1 aromatic carbocycles. The van der Waals surface area contributed by atoms with Gasteiger partial charge in [-0.15, -0.1) is 0 Å². The van der Waals surface area contributed by atoms with Gasteiger partial charge < -0.3 is 4.98 Å². The third kappa shape index (κ3) is 1.20. The molecule has 4 nitrogen and oxygen atoms in total. The lowest BCUT2D eigenvalue weighted by atomic mass is 10.2. The van der Waals surface area contributed by atoms with Crippen LogP contribution in [0.5, 0.6) is 0 Å². The molecule has 0 radical (unpaired) electrons. The van der Waals surface area contributed by atoms with Crippen molar-refractivity contribution in [3.8, 4) is 0 Å². The van der Waals surface area contributed by atoms with Crippen LogP contribution in [-0.4, -0.2) is 9.97 Å². The summed E-state index contributed by atoms with van der Waals surface area (Å²) in [5.41, 5.74) is -1.93. The molecule has 0 aliphatic carbocycles. The van der Waals surface area contributed by atoms with Crippen molar-refractivity contribution in [2.24, 2.45) is 0 Å². The van der Waals surface area contributed by atoms with Crippen LogP contribution in [0.3, 0.4) is 0 Å². The highest BCUT2D eigenvalue weighted by atomic mass is 19.1. The van der Waals surface area contributed by atoms with E-state index in [2.05, 4.69) is 4.98 Å². The van der Waals surface area contributed by atoms with Gasteiger partial charge in [-0.3, -0.25) is 9.78 Å². The Bertz CT molecular complexity index is 615. The first-order chi connectivity index (χ1) is 6.58. The zero-order chi connectivity index (χ0) is 10.3. The number of hydrogen-bond donors (Lipinski definition) is 2. The average Bonchev–Trinajstić information content (AvgIpc) is 2.07. The summed E-state index contributed by atoms with van der Waals surface area (Å²) in [6.45, 7) is 0. The maximum atomic E-state index is 13.0. The quantitative estimate of drug-likeness (QED) is 0.647. The lowest BCUT2D eigenvalue weighted by Crippen LogP contribution is -2.22. The van der Waals surface area contributed by atoms with Crippen LogP contribution in [0.15, 0.2) is 21.7 Å². The number of aromatic nitrogens is 2. The highest BCUT2D eigenvalue weighted by Crippen LogP contribution is 2.12. The monoisotopic (exact) mass is 198 g/mol. The van der Waals surface area contributed by atoms with Crippen molar-refractivity contribution in [1.29, 1.82) is 0 Å². The van der Waals surface area contributed by atoms with Crippen molar-refractivity contribution >= 4 is 10.9 Å². The summed E-state index contributed by atoms with van der Waals surface area (Å²) >= 11 is 0. The molecule has 2 N–H and O–H groups in total. The van der Waals surface area contributed by atoms with Crippen LogP contribution >= 0.6 is 0 Å².